The van der Waals surface area contributed by atoms with Crippen molar-refractivity contribution in [1.82, 2.24) is 9.78 Å². The summed E-state index contributed by atoms with van der Waals surface area (Å²) < 4.78 is 2.06. The molecule has 0 aliphatic heterocycles. The third kappa shape index (κ3) is 2.29. The van der Waals surface area contributed by atoms with Crippen molar-refractivity contribution >= 4 is 16.6 Å². The first-order valence-electron chi connectivity index (χ1n) is 7.22. The Morgan fingerprint density at radius 3 is 2.29 bits per heavy atom. The van der Waals surface area contributed by atoms with Gasteiger partial charge in [-0.3, -0.25) is 4.68 Å². The highest BCUT2D eigenvalue weighted by atomic mass is 15.3. The number of fused-ring (bicyclic) bond motifs is 1. The molecule has 0 aliphatic carbocycles. The van der Waals surface area contributed by atoms with Crippen LogP contribution < -0.4 is 5.73 Å². The molecule has 3 rings (SSSR count). The first-order valence-corrected chi connectivity index (χ1v) is 7.22. The minimum Gasteiger partial charge on any atom is -0.398 e. The van der Waals surface area contributed by atoms with Crippen LogP contribution in [0.3, 0.4) is 0 Å². The van der Waals surface area contributed by atoms with Crippen molar-refractivity contribution in [2.75, 3.05) is 5.73 Å². The molecular weight excluding hydrogens is 258 g/mol. The highest BCUT2D eigenvalue weighted by Gasteiger charge is 2.21. The number of benzene rings is 2. The molecule has 0 saturated carbocycles. The van der Waals surface area contributed by atoms with Gasteiger partial charge >= 0.3 is 0 Å². The van der Waals surface area contributed by atoms with E-state index in [1.54, 1.807) is 0 Å². The molecule has 3 aromatic rings. The van der Waals surface area contributed by atoms with Crippen LogP contribution in [0.15, 0.2) is 42.5 Å². The summed E-state index contributed by atoms with van der Waals surface area (Å²) in [6.45, 7) is 8.55. The predicted molar refractivity (Wildman–Crippen MR) is 89.3 cm³/mol. The van der Waals surface area contributed by atoms with Crippen molar-refractivity contribution in [2.24, 2.45) is 0 Å². The van der Waals surface area contributed by atoms with E-state index >= 15 is 0 Å². The van der Waals surface area contributed by atoms with Gasteiger partial charge in [-0.25, -0.2) is 0 Å². The van der Waals surface area contributed by atoms with Crippen LogP contribution in [0.2, 0.25) is 0 Å². The second-order valence-corrected chi connectivity index (χ2v) is 6.54. The molecule has 3 heteroatoms. The Morgan fingerprint density at radius 2 is 1.67 bits per heavy atom. The lowest BCUT2D eigenvalue weighted by atomic mass is 10.0. The van der Waals surface area contributed by atoms with Gasteiger partial charge in [0, 0.05) is 11.3 Å². The van der Waals surface area contributed by atoms with Gasteiger partial charge in [-0.15, -0.1) is 0 Å². The summed E-state index contributed by atoms with van der Waals surface area (Å²) in [6.07, 6.45) is 0. The molecular formula is C18H21N3. The standard InChI is InChI=1S/C18H21N3/c1-12-8-10-13(11-9-12)17-16-14(19)6-5-7-15(16)21(20-17)18(2,3)4/h5-11H,19H2,1-4H3. The molecule has 0 radical (unpaired) electrons. The second kappa shape index (κ2) is 4.62. The van der Waals surface area contributed by atoms with E-state index in [1.165, 1.54) is 5.56 Å². The molecule has 0 bridgehead atoms. The lowest BCUT2D eigenvalue weighted by molar-refractivity contribution is 0.369. The van der Waals surface area contributed by atoms with E-state index in [0.717, 1.165) is 27.8 Å². The molecule has 0 amide bonds. The molecule has 0 spiro atoms. The number of aromatic nitrogens is 2. The summed E-state index contributed by atoms with van der Waals surface area (Å²) in [5.41, 5.74) is 11.3. The van der Waals surface area contributed by atoms with E-state index in [1.807, 2.05) is 12.1 Å². The van der Waals surface area contributed by atoms with E-state index in [-0.39, 0.29) is 5.54 Å². The van der Waals surface area contributed by atoms with Crippen molar-refractivity contribution in [1.29, 1.82) is 0 Å². The molecule has 1 aromatic heterocycles. The molecule has 0 saturated heterocycles. The van der Waals surface area contributed by atoms with E-state index in [9.17, 15) is 0 Å². The van der Waals surface area contributed by atoms with E-state index in [2.05, 4.69) is 62.7 Å². The van der Waals surface area contributed by atoms with Crippen molar-refractivity contribution in [3.05, 3.63) is 48.0 Å². The third-order valence-corrected chi connectivity index (χ3v) is 3.70. The maximum atomic E-state index is 6.23. The Labute approximate surface area is 125 Å². The maximum absolute atomic E-state index is 6.23. The third-order valence-electron chi connectivity index (χ3n) is 3.70. The van der Waals surface area contributed by atoms with Gasteiger partial charge in [0.1, 0.15) is 5.69 Å². The molecule has 21 heavy (non-hydrogen) atoms. The van der Waals surface area contributed by atoms with Crippen LogP contribution in [0, 0.1) is 6.92 Å². The molecule has 1 heterocycles. The van der Waals surface area contributed by atoms with Crippen molar-refractivity contribution in [2.45, 2.75) is 33.2 Å². The zero-order valence-electron chi connectivity index (χ0n) is 13.0. The largest absolute Gasteiger partial charge is 0.398 e. The molecule has 0 unspecified atom stereocenters. The number of nitrogens with zero attached hydrogens (tertiary/aromatic N) is 2. The Morgan fingerprint density at radius 1 is 1.00 bits per heavy atom. The van der Waals surface area contributed by atoms with Gasteiger partial charge in [0.15, 0.2) is 0 Å². The van der Waals surface area contributed by atoms with Crippen LogP contribution in [0.5, 0.6) is 0 Å². The number of rotatable bonds is 1. The van der Waals surface area contributed by atoms with Crippen LogP contribution >= 0.6 is 0 Å². The Kier molecular flexibility index (Phi) is 3.01. The van der Waals surface area contributed by atoms with Gasteiger partial charge in [0.2, 0.25) is 0 Å². The minimum absolute atomic E-state index is 0.0883. The monoisotopic (exact) mass is 279 g/mol. The van der Waals surface area contributed by atoms with E-state index < -0.39 is 0 Å². The molecule has 0 aliphatic rings. The van der Waals surface area contributed by atoms with E-state index in [4.69, 9.17) is 10.8 Å². The number of hydrogen-bond acceptors (Lipinski definition) is 2. The smallest absolute Gasteiger partial charge is 0.102 e. The van der Waals surface area contributed by atoms with E-state index in [0.29, 0.717) is 0 Å². The number of nitrogens with two attached hydrogens (primary N) is 1. The molecule has 0 fully saturated rings. The molecule has 2 aromatic carbocycles. The Bertz CT molecular complexity index is 790. The molecule has 108 valence electrons. The summed E-state index contributed by atoms with van der Waals surface area (Å²) in [5.74, 6) is 0. The first-order chi connectivity index (χ1) is 9.88. The van der Waals surface area contributed by atoms with Gasteiger partial charge < -0.3 is 5.73 Å². The first kappa shape index (κ1) is 13.7. The zero-order valence-corrected chi connectivity index (χ0v) is 13.0. The van der Waals surface area contributed by atoms with Crippen molar-refractivity contribution in [3.8, 4) is 11.3 Å². The van der Waals surface area contributed by atoms with Gasteiger partial charge in [0.05, 0.1) is 16.4 Å². The van der Waals surface area contributed by atoms with Gasteiger partial charge in [-0.1, -0.05) is 35.9 Å². The lowest BCUT2D eigenvalue weighted by Gasteiger charge is -2.20. The number of hydrogen-bond donors (Lipinski definition) is 1. The fourth-order valence-corrected chi connectivity index (χ4v) is 2.62. The fraction of sp³-hybridized carbons (Fsp3) is 0.278. The van der Waals surface area contributed by atoms with Gasteiger partial charge in [-0.05, 0) is 39.8 Å². The van der Waals surface area contributed by atoms with Crippen LogP contribution in [-0.2, 0) is 5.54 Å². The minimum atomic E-state index is -0.0883. The molecule has 3 nitrogen and oxygen atoms in total. The average Bonchev–Trinajstić information content (AvgIpc) is 2.80. The topological polar surface area (TPSA) is 43.8 Å². The van der Waals surface area contributed by atoms with Crippen LogP contribution in [-0.4, -0.2) is 9.78 Å². The van der Waals surface area contributed by atoms with Crippen LogP contribution in [0.1, 0.15) is 26.3 Å². The summed E-state index contributed by atoms with van der Waals surface area (Å²) in [7, 11) is 0. The normalized spacial score (nSPS) is 12.0. The summed E-state index contributed by atoms with van der Waals surface area (Å²) in [5, 5.41) is 5.90. The maximum Gasteiger partial charge on any atom is 0.102 e. The molecule has 2 N–H and O–H groups in total. The zero-order chi connectivity index (χ0) is 15.2. The number of aryl methyl sites for hydroxylation is 1. The van der Waals surface area contributed by atoms with Crippen LogP contribution in [0.25, 0.3) is 22.2 Å². The Balaban J connectivity index is 2.35. The summed E-state index contributed by atoms with van der Waals surface area (Å²) in [4.78, 5) is 0. The number of nitrogen functional groups attached to an aromatic ring is 1. The van der Waals surface area contributed by atoms with Gasteiger partial charge in [-0.2, -0.15) is 5.10 Å². The Hall–Kier alpha value is -2.29. The SMILES string of the molecule is Cc1ccc(-c2nn(C(C)(C)C)c3cccc(N)c23)cc1. The van der Waals surface area contributed by atoms with Crippen molar-refractivity contribution < 1.29 is 0 Å². The number of anilines is 1. The highest BCUT2D eigenvalue weighted by molar-refractivity contribution is 6.01. The average molecular weight is 279 g/mol. The predicted octanol–water partition coefficient (Wildman–Crippen LogP) is 4.35. The van der Waals surface area contributed by atoms with Crippen LogP contribution in [0.4, 0.5) is 5.69 Å². The molecule has 0 atom stereocenters. The fourth-order valence-electron chi connectivity index (χ4n) is 2.62. The summed E-state index contributed by atoms with van der Waals surface area (Å²) in [6, 6.07) is 14.4. The summed E-state index contributed by atoms with van der Waals surface area (Å²) >= 11 is 0. The van der Waals surface area contributed by atoms with Gasteiger partial charge in [0.25, 0.3) is 0 Å². The van der Waals surface area contributed by atoms with Crippen molar-refractivity contribution in [3.63, 3.8) is 0 Å². The lowest BCUT2D eigenvalue weighted by Crippen LogP contribution is -2.22. The quantitative estimate of drug-likeness (QED) is 0.673. The highest BCUT2D eigenvalue weighted by Crippen LogP contribution is 2.34. The second-order valence-electron chi connectivity index (χ2n) is 6.54.